The summed E-state index contributed by atoms with van der Waals surface area (Å²) in [5.41, 5.74) is 0. The second kappa shape index (κ2) is 26.1. The number of carbonyl (C=O) groups is 2. The molecule has 0 radical (unpaired) electrons. The van der Waals surface area contributed by atoms with Crippen molar-refractivity contribution in [3.8, 4) is 47.9 Å². The van der Waals surface area contributed by atoms with Crippen LogP contribution in [0.1, 0.15) is 96.8 Å². The summed E-state index contributed by atoms with van der Waals surface area (Å²) >= 11 is 0. The Bertz CT molecular complexity index is 1420. The third-order valence-electron chi connectivity index (χ3n) is 7.65. The molecule has 1 saturated carbocycles. The average molecular weight is 777 g/mol. The van der Waals surface area contributed by atoms with Crippen LogP contribution < -0.4 is 0 Å². The number of esters is 2. The lowest BCUT2D eigenvalue weighted by Gasteiger charge is -2.43. The Kier molecular flexibility index (Phi) is 23.7. The molecule has 16 nitrogen and oxygen atoms in total. The zero-order valence-corrected chi connectivity index (χ0v) is 30.9. The lowest BCUT2D eigenvalue weighted by atomic mass is 9.85. The van der Waals surface area contributed by atoms with Crippen LogP contribution in [-0.2, 0) is 41.8 Å². The molecule has 0 aromatic carbocycles. The molecular weight excluding hydrogens is 726 g/mol. The molecular formula is C34H50O16P2. The standard InChI is InChI=1S/C34H50O16P2/c1-3-5-7-9-11-12-13-14-15-16-17-19-21-23-28(36)48-26(24-46-27(35)22-20-18-10-8-6-4-2)25-47-52(44,45)50-34-31(39)29(37)30(38)33(32(34)40)49-51(41,42)43/h2,26,29-34,37-40H,3,5,7,9,11-17,19,21,23-25H2,1H3,(H,44,45)(H2,41,42,43)/t26-,29?,30-,31+,32?,33-,34?/m1/s1. The minimum atomic E-state index is -5.38. The van der Waals surface area contributed by atoms with Gasteiger partial charge >= 0.3 is 27.6 Å². The molecule has 0 aliphatic heterocycles. The monoisotopic (exact) mass is 776 g/mol. The number of rotatable bonds is 24. The van der Waals surface area contributed by atoms with Crippen LogP contribution in [0.4, 0.5) is 0 Å². The summed E-state index contributed by atoms with van der Waals surface area (Å²) in [5, 5.41) is 40.8. The fourth-order valence-electron chi connectivity index (χ4n) is 5.02. The van der Waals surface area contributed by atoms with Gasteiger partial charge in [-0.05, 0) is 41.9 Å². The SMILES string of the molecule is C#CC#CC#CC#CC(=O)OC[C@H](COP(=O)(O)OC1C(O)[C@H](OP(=O)(O)O)[C@H](O)C(O)[C@@H]1O)OC(=O)CCCCCCCCCCCCCCC. The molecule has 0 amide bonds. The Hall–Kier alpha value is -2.76. The topological polar surface area (TPSA) is 256 Å². The van der Waals surface area contributed by atoms with Gasteiger partial charge in [-0.15, -0.1) is 6.42 Å². The van der Waals surface area contributed by atoms with Crippen molar-refractivity contribution in [3.63, 3.8) is 0 Å². The summed E-state index contributed by atoms with van der Waals surface area (Å²) in [6.07, 6.45) is 4.03. The quantitative estimate of drug-likeness (QED) is 0.0243. The second-order valence-electron chi connectivity index (χ2n) is 12.0. The highest BCUT2D eigenvalue weighted by atomic mass is 31.2. The van der Waals surface area contributed by atoms with E-state index in [2.05, 4.69) is 41.0 Å². The largest absolute Gasteiger partial charge is 0.472 e. The van der Waals surface area contributed by atoms with Crippen LogP contribution in [0.3, 0.4) is 0 Å². The Morgan fingerprint density at radius 1 is 0.673 bits per heavy atom. The molecule has 1 rings (SSSR count). The number of aliphatic hydroxyl groups is 4. The van der Waals surface area contributed by atoms with Gasteiger partial charge in [0, 0.05) is 12.3 Å². The molecule has 1 aliphatic carbocycles. The van der Waals surface area contributed by atoms with Gasteiger partial charge in [0.1, 0.15) is 43.2 Å². The zero-order chi connectivity index (χ0) is 39.0. The van der Waals surface area contributed by atoms with Crippen LogP contribution in [0.5, 0.6) is 0 Å². The first-order valence-electron chi connectivity index (χ1n) is 17.1. The molecule has 0 aromatic rings. The second-order valence-corrected chi connectivity index (χ2v) is 14.6. The van der Waals surface area contributed by atoms with E-state index in [1.807, 2.05) is 11.8 Å². The summed E-state index contributed by atoms with van der Waals surface area (Å²) in [4.78, 5) is 53.1. The fraction of sp³-hybridized carbons (Fsp3) is 0.706. The average Bonchev–Trinajstić information content (AvgIpc) is 3.08. The molecule has 0 bridgehead atoms. The molecule has 1 fully saturated rings. The number of carbonyl (C=O) groups excluding carboxylic acids is 2. The van der Waals surface area contributed by atoms with E-state index in [1.54, 1.807) is 0 Å². The highest BCUT2D eigenvalue weighted by molar-refractivity contribution is 7.47. The maximum atomic E-state index is 12.8. The van der Waals surface area contributed by atoms with Crippen LogP contribution in [0, 0.1) is 47.9 Å². The number of hydrogen-bond donors (Lipinski definition) is 7. The van der Waals surface area contributed by atoms with E-state index >= 15 is 0 Å². The first-order chi connectivity index (χ1) is 24.6. The molecule has 0 heterocycles. The van der Waals surface area contributed by atoms with E-state index in [0.29, 0.717) is 6.42 Å². The summed E-state index contributed by atoms with van der Waals surface area (Å²) in [6, 6.07) is 0. The molecule has 52 heavy (non-hydrogen) atoms. The van der Waals surface area contributed by atoms with Gasteiger partial charge < -0.3 is 44.6 Å². The molecule has 4 unspecified atom stereocenters. The van der Waals surface area contributed by atoms with Gasteiger partial charge in [0.25, 0.3) is 0 Å². The van der Waals surface area contributed by atoms with Gasteiger partial charge in [-0.1, -0.05) is 84.0 Å². The third kappa shape index (κ3) is 21.1. The molecule has 0 saturated heterocycles. The van der Waals surface area contributed by atoms with Gasteiger partial charge in [0.2, 0.25) is 0 Å². The summed E-state index contributed by atoms with van der Waals surface area (Å²) < 4.78 is 48.2. The van der Waals surface area contributed by atoms with E-state index in [1.165, 1.54) is 44.9 Å². The van der Waals surface area contributed by atoms with Gasteiger partial charge in [-0.3, -0.25) is 18.4 Å². The lowest BCUT2D eigenvalue weighted by molar-refractivity contribution is -0.216. The predicted octanol–water partition coefficient (Wildman–Crippen LogP) is 2.00. The van der Waals surface area contributed by atoms with Crippen molar-refractivity contribution in [2.24, 2.45) is 0 Å². The van der Waals surface area contributed by atoms with Gasteiger partial charge in [-0.2, -0.15) is 0 Å². The Balaban J connectivity index is 2.76. The molecule has 0 aromatic heterocycles. The molecule has 0 spiro atoms. The van der Waals surface area contributed by atoms with Crippen molar-refractivity contribution >= 4 is 27.6 Å². The highest BCUT2D eigenvalue weighted by Gasteiger charge is 2.54. The molecule has 1 aliphatic rings. The minimum Gasteiger partial charge on any atom is -0.456 e. The number of phosphoric ester groups is 2. The Morgan fingerprint density at radius 2 is 1.17 bits per heavy atom. The van der Waals surface area contributed by atoms with Crippen molar-refractivity contribution < 1.29 is 76.9 Å². The number of terminal acetylenes is 1. The van der Waals surface area contributed by atoms with Crippen molar-refractivity contribution in [2.75, 3.05) is 13.2 Å². The number of phosphoric acid groups is 2. The van der Waals surface area contributed by atoms with Crippen molar-refractivity contribution in [3.05, 3.63) is 0 Å². The molecule has 292 valence electrons. The van der Waals surface area contributed by atoms with Crippen LogP contribution >= 0.6 is 15.6 Å². The normalized spacial score (nSPS) is 22.8. The van der Waals surface area contributed by atoms with Crippen LogP contribution in [0.25, 0.3) is 0 Å². The van der Waals surface area contributed by atoms with Gasteiger partial charge in [0.15, 0.2) is 6.10 Å². The zero-order valence-electron chi connectivity index (χ0n) is 29.1. The summed E-state index contributed by atoms with van der Waals surface area (Å²) in [7, 11) is -10.7. The van der Waals surface area contributed by atoms with E-state index < -0.39 is 83.5 Å². The summed E-state index contributed by atoms with van der Waals surface area (Å²) in [5.74, 6) is 13.4. The number of ether oxygens (including phenoxy) is 2. The predicted molar refractivity (Wildman–Crippen MR) is 185 cm³/mol. The number of aliphatic hydroxyl groups excluding tert-OH is 4. The first-order valence-corrected chi connectivity index (χ1v) is 20.1. The van der Waals surface area contributed by atoms with Crippen LogP contribution in [0.15, 0.2) is 0 Å². The van der Waals surface area contributed by atoms with Crippen molar-refractivity contribution in [1.82, 2.24) is 0 Å². The first kappa shape index (κ1) is 47.3. The maximum Gasteiger partial charge on any atom is 0.472 e. The van der Waals surface area contributed by atoms with Gasteiger partial charge in [0.05, 0.1) is 6.61 Å². The Labute approximate surface area is 304 Å². The highest BCUT2D eigenvalue weighted by Crippen LogP contribution is 2.49. The minimum absolute atomic E-state index is 0.0226. The maximum absolute atomic E-state index is 12.8. The van der Waals surface area contributed by atoms with Crippen LogP contribution in [0.2, 0.25) is 0 Å². The van der Waals surface area contributed by atoms with Crippen LogP contribution in [-0.4, -0.2) is 103 Å². The van der Waals surface area contributed by atoms with E-state index in [4.69, 9.17) is 34.7 Å². The fourth-order valence-corrected chi connectivity index (χ4v) is 6.56. The molecule has 7 N–H and O–H groups in total. The van der Waals surface area contributed by atoms with Crippen molar-refractivity contribution in [1.29, 1.82) is 0 Å². The number of unbranched alkanes of at least 4 members (excludes halogenated alkanes) is 12. The third-order valence-corrected chi connectivity index (χ3v) is 9.16. The van der Waals surface area contributed by atoms with E-state index in [9.17, 15) is 44.0 Å². The Morgan fingerprint density at radius 3 is 1.71 bits per heavy atom. The number of hydrogen-bond acceptors (Lipinski definition) is 13. The van der Waals surface area contributed by atoms with Crippen molar-refractivity contribution in [2.45, 2.75) is 140 Å². The molecule has 18 heteroatoms. The summed E-state index contributed by atoms with van der Waals surface area (Å²) in [6.45, 7) is 0.549. The lowest BCUT2D eigenvalue weighted by Crippen LogP contribution is -2.64. The smallest absolute Gasteiger partial charge is 0.456 e. The van der Waals surface area contributed by atoms with E-state index in [-0.39, 0.29) is 6.42 Å². The van der Waals surface area contributed by atoms with E-state index in [0.717, 1.165) is 32.1 Å². The molecule has 8 atom stereocenters. The van der Waals surface area contributed by atoms with Gasteiger partial charge in [-0.25, -0.2) is 13.9 Å².